The van der Waals surface area contributed by atoms with E-state index >= 15 is 0 Å². The van der Waals surface area contributed by atoms with E-state index in [9.17, 15) is 0 Å². The molecule has 1 aliphatic carbocycles. The maximum Gasteiger partial charge on any atom is 0.169 e. The summed E-state index contributed by atoms with van der Waals surface area (Å²) in [6.45, 7) is 11.9. The van der Waals surface area contributed by atoms with Gasteiger partial charge >= 0.3 is 0 Å². The number of nitrogens with zero attached hydrogens (tertiary/aromatic N) is 2. The summed E-state index contributed by atoms with van der Waals surface area (Å²) in [6.07, 6.45) is 0. The SMILES string of the molecule is C=NC(N)(c1ccccc1)c1ccc(Oc2ccc3c(c2OC)-c2ccccc2C3(c2ccccc2)c2ccccc2)cc1.C=NCc1ccccc1.CC. The van der Waals surface area contributed by atoms with Crippen molar-refractivity contribution < 1.29 is 9.47 Å². The van der Waals surface area contributed by atoms with E-state index in [0.29, 0.717) is 17.2 Å². The van der Waals surface area contributed by atoms with Crippen LogP contribution in [0.15, 0.2) is 192 Å². The molecule has 0 saturated carbocycles. The Labute approximate surface area is 325 Å². The Bertz CT molecular complexity index is 2270. The van der Waals surface area contributed by atoms with Gasteiger partial charge in [-0.15, -0.1) is 0 Å². The van der Waals surface area contributed by atoms with Crippen LogP contribution in [0.5, 0.6) is 17.2 Å². The van der Waals surface area contributed by atoms with E-state index in [2.05, 4.69) is 114 Å². The van der Waals surface area contributed by atoms with Gasteiger partial charge in [0, 0.05) is 5.56 Å². The normalized spacial score (nSPS) is 12.9. The van der Waals surface area contributed by atoms with E-state index in [0.717, 1.165) is 34.4 Å². The van der Waals surface area contributed by atoms with Gasteiger partial charge in [0.1, 0.15) is 5.75 Å². The van der Waals surface area contributed by atoms with Crippen LogP contribution in [0.4, 0.5) is 0 Å². The van der Waals surface area contributed by atoms with Gasteiger partial charge in [-0.1, -0.05) is 178 Å². The van der Waals surface area contributed by atoms with Crippen LogP contribution in [0, 0.1) is 0 Å². The van der Waals surface area contributed by atoms with Crippen molar-refractivity contribution in [1.82, 2.24) is 0 Å². The molecule has 0 aliphatic heterocycles. The van der Waals surface area contributed by atoms with Crippen molar-refractivity contribution in [3.05, 3.63) is 221 Å². The number of rotatable bonds is 10. The van der Waals surface area contributed by atoms with Crippen LogP contribution < -0.4 is 15.2 Å². The predicted octanol–water partition coefficient (Wildman–Crippen LogP) is 11.6. The van der Waals surface area contributed by atoms with Gasteiger partial charge < -0.3 is 9.47 Å². The fourth-order valence-electron chi connectivity index (χ4n) is 7.42. The van der Waals surface area contributed by atoms with Gasteiger partial charge in [0.2, 0.25) is 0 Å². The summed E-state index contributed by atoms with van der Waals surface area (Å²) in [5, 5.41) is 0. The fraction of sp³-hybridized carbons (Fsp3) is 0.120. The molecule has 5 nitrogen and oxygen atoms in total. The van der Waals surface area contributed by atoms with Crippen molar-refractivity contribution >= 4 is 13.4 Å². The molecule has 0 amide bonds. The summed E-state index contributed by atoms with van der Waals surface area (Å²) in [6, 6.07) is 61.7. The molecule has 0 aromatic heterocycles. The van der Waals surface area contributed by atoms with E-state index in [1.54, 1.807) is 7.11 Å². The van der Waals surface area contributed by atoms with Crippen molar-refractivity contribution in [1.29, 1.82) is 0 Å². The van der Waals surface area contributed by atoms with Gasteiger partial charge in [-0.2, -0.15) is 0 Å². The summed E-state index contributed by atoms with van der Waals surface area (Å²) < 4.78 is 12.7. The van der Waals surface area contributed by atoms with Gasteiger partial charge in [-0.3, -0.25) is 15.7 Å². The monoisotopic (exact) mass is 721 g/mol. The van der Waals surface area contributed by atoms with Crippen molar-refractivity contribution in [2.24, 2.45) is 15.7 Å². The minimum absolute atomic E-state index is 0.512. The first-order valence-corrected chi connectivity index (χ1v) is 18.5. The Morgan fingerprint density at radius 1 is 0.582 bits per heavy atom. The van der Waals surface area contributed by atoms with E-state index < -0.39 is 11.1 Å². The number of benzene rings is 7. The van der Waals surface area contributed by atoms with Crippen molar-refractivity contribution in [2.75, 3.05) is 7.11 Å². The second-order valence-electron chi connectivity index (χ2n) is 12.8. The average Bonchev–Trinajstić information content (AvgIpc) is 3.57. The number of hydrogen-bond acceptors (Lipinski definition) is 5. The minimum Gasteiger partial charge on any atom is -0.492 e. The molecule has 0 spiro atoms. The lowest BCUT2D eigenvalue weighted by molar-refractivity contribution is 0.380. The molecular weight excluding hydrogens is 675 g/mol. The molecule has 8 rings (SSSR count). The highest BCUT2D eigenvalue weighted by Gasteiger charge is 2.47. The third-order valence-corrected chi connectivity index (χ3v) is 9.87. The summed E-state index contributed by atoms with van der Waals surface area (Å²) in [5.74, 6) is 1.99. The van der Waals surface area contributed by atoms with E-state index in [1.807, 2.05) is 105 Å². The Kier molecular flexibility index (Phi) is 12.2. The number of aliphatic imine (C=N–C) groups is 2. The van der Waals surface area contributed by atoms with Crippen molar-refractivity contribution in [3.63, 3.8) is 0 Å². The van der Waals surface area contributed by atoms with Crippen LogP contribution in [0.2, 0.25) is 0 Å². The smallest absolute Gasteiger partial charge is 0.169 e. The van der Waals surface area contributed by atoms with Gasteiger partial charge in [-0.05, 0) is 76.1 Å². The van der Waals surface area contributed by atoms with Gasteiger partial charge in [0.25, 0.3) is 0 Å². The van der Waals surface area contributed by atoms with Gasteiger partial charge in [-0.25, -0.2) is 0 Å². The highest BCUT2D eigenvalue weighted by molar-refractivity contribution is 5.91. The Balaban J connectivity index is 0.000000408. The third kappa shape index (κ3) is 7.35. The molecule has 0 saturated heterocycles. The zero-order valence-electron chi connectivity index (χ0n) is 31.7. The third-order valence-electron chi connectivity index (χ3n) is 9.87. The van der Waals surface area contributed by atoms with Crippen LogP contribution in [0.1, 0.15) is 52.8 Å². The number of nitrogens with two attached hydrogens (primary N) is 1. The molecular formula is C50H47N3O2. The molecule has 7 aromatic carbocycles. The Morgan fingerprint density at radius 3 is 1.64 bits per heavy atom. The molecule has 1 unspecified atom stereocenters. The molecule has 0 bridgehead atoms. The van der Waals surface area contributed by atoms with Gasteiger partial charge in [0.05, 0.1) is 19.1 Å². The van der Waals surface area contributed by atoms with Gasteiger partial charge in [0.15, 0.2) is 17.2 Å². The summed E-state index contributed by atoms with van der Waals surface area (Å²) in [4.78, 5) is 8.05. The Hall–Kier alpha value is -6.56. The summed E-state index contributed by atoms with van der Waals surface area (Å²) in [5.41, 5.74) is 15.0. The maximum atomic E-state index is 6.73. The lowest BCUT2D eigenvalue weighted by Gasteiger charge is -2.34. The van der Waals surface area contributed by atoms with E-state index in [-0.39, 0.29) is 0 Å². The van der Waals surface area contributed by atoms with Crippen LogP contribution in [-0.4, -0.2) is 20.5 Å². The first-order valence-electron chi connectivity index (χ1n) is 18.5. The lowest BCUT2D eigenvalue weighted by atomic mass is 9.68. The second kappa shape index (κ2) is 17.5. The molecule has 0 heterocycles. The lowest BCUT2D eigenvalue weighted by Crippen LogP contribution is -2.35. The predicted molar refractivity (Wildman–Crippen MR) is 229 cm³/mol. The molecule has 7 aromatic rings. The zero-order chi connectivity index (χ0) is 38.7. The van der Waals surface area contributed by atoms with Crippen molar-refractivity contribution in [2.45, 2.75) is 31.5 Å². The highest BCUT2D eigenvalue weighted by atomic mass is 16.5. The largest absolute Gasteiger partial charge is 0.492 e. The van der Waals surface area contributed by atoms with Crippen molar-refractivity contribution in [3.8, 4) is 28.4 Å². The average molecular weight is 722 g/mol. The standard InChI is InChI=1S/C40H32N2O2.C8H9N.C2H6/c1-42-40(41,30-18-10-5-11-19-30)31-22-24-32(25-23-31)44-36-27-26-35-37(38(36)43-2)33-20-12-13-21-34(33)39(35,28-14-6-3-7-15-28)29-16-8-4-9-17-29;1-9-7-8-5-3-2-4-6-8;1-2/h3-27H,1,41H2,2H3;2-6H,1,7H2;1-2H3. The van der Waals surface area contributed by atoms with Crippen LogP contribution in [0.3, 0.4) is 0 Å². The summed E-state index contributed by atoms with van der Waals surface area (Å²) in [7, 11) is 1.71. The molecule has 2 N–H and O–H groups in total. The fourth-order valence-corrected chi connectivity index (χ4v) is 7.42. The summed E-state index contributed by atoms with van der Waals surface area (Å²) >= 11 is 0. The zero-order valence-corrected chi connectivity index (χ0v) is 31.7. The number of hydrogen-bond donors (Lipinski definition) is 1. The highest BCUT2D eigenvalue weighted by Crippen LogP contribution is 2.60. The first-order chi connectivity index (χ1) is 27.0. The van der Waals surface area contributed by atoms with E-state index in [1.165, 1.54) is 22.3 Å². The first kappa shape index (κ1) is 38.2. The topological polar surface area (TPSA) is 69.2 Å². The Morgan fingerprint density at radius 2 is 1.09 bits per heavy atom. The molecule has 55 heavy (non-hydrogen) atoms. The molecule has 1 atom stereocenters. The molecule has 0 fully saturated rings. The van der Waals surface area contributed by atoms with E-state index in [4.69, 9.17) is 15.2 Å². The second-order valence-corrected chi connectivity index (χ2v) is 12.8. The van der Waals surface area contributed by atoms with Crippen LogP contribution in [0.25, 0.3) is 11.1 Å². The van der Waals surface area contributed by atoms with Crippen LogP contribution in [-0.2, 0) is 17.6 Å². The number of ether oxygens (including phenoxy) is 2. The molecule has 5 heteroatoms. The van der Waals surface area contributed by atoms with Crippen LogP contribution >= 0.6 is 0 Å². The molecule has 274 valence electrons. The molecule has 1 aliphatic rings. The quantitative estimate of drug-likeness (QED) is 0.143. The number of methoxy groups -OCH3 is 1. The molecule has 0 radical (unpaired) electrons. The minimum atomic E-state index is -1.06. The maximum absolute atomic E-state index is 6.73. The number of fused-ring (bicyclic) bond motifs is 3.